The number of benzene rings is 3. The topological polar surface area (TPSA) is 12.5 Å². The molecule has 1 aliphatic heterocycles. The lowest BCUT2D eigenvalue weighted by Crippen LogP contribution is -2.33. The zero-order chi connectivity index (χ0) is 15.6. The summed E-state index contributed by atoms with van der Waals surface area (Å²) in [6, 6.07) is 23.9. The van der Waals surface area contributed by atoms with Gasteiger partial charge in [-0.05, 0) is 47.9 Å². The van der Waals surface area contributed by atoms with Gasteiger partial charge >= 0.3 is 0 Å². The van der Waals surface area contributed by atoms with Gasteiger partial charge in [-0.15, -0.1) is 0 Å². The SMILES string of the molecule is CC1Cc2ccccc2N1CCOc1ccc2ccccc2c1. The van der Waals surface area contributed by atoms with Crippen molar-refractivity contribution < 1.29 is 4.74 Å². The van der Waals surface area contributed by atoms with E-state index in [9.17, 15) is 0 Å². The third-order valence-electron chi connectivity index (χ3n) is 4.67. The second-order valence-corrected chi connectivity index (χ2v) is 6.23. The summed E-state index contributed by atoms with van der Waals surface area (Å²) in [6.45, 7) is 3.91. The molecule has 0 saturated heterocycles. The van der Waals surface area contributed by atoms with Crippen LogP contribution in [0.2, 0.25) is 0 Å². The first-order valence-corrected chi connectivity index (χ1v) is 8.27. The van der Waals surface area contributed by atoms with E-state index in [4.69, 9.17) is 4.74 Å². The second kappa shape index (κ2) is 5.96. The molecule has 1 aliphatic rings. The number of hydrogen-bond donors (Lipinski definition) is 0. The first-order valence-electron chi connectivity index (χ1n) is 8.27. The van der Waals surface area contributed by atoms with Gasteiger partial charge in [0.25, 0.3) is 0 Å². The van der Waals surface area contributed by atoms with Gasteiger partial charge in [0.2, 0.25) is 0 Å². The van der Waals surface area contributed by atoms with Gasteiger partial charge in [0, 0.05) is 11.7 Å². The average molecular weight is 303 g/mol. The molecule has 0 saturated carbocycles. The molecule has 1 unspecified atom stereocenters. The fraction of sp³-hybridized carbons (Fsp3) is 0.238. The maximum Gasteiger partial charge on any atom is 0.120 e. The van der Waals surface area contributed by atoms with E-state index < -0.39 is 0 Å². The number of ether oxygens (including phenoxy) is 1. The van der Waals surface area contributed by atoms with E-state index in [2.05, 4.69) is 78.6 Å². The number of nitrogens with zero attached hydrogens (tertiary/aromatic N) is 1. The van der Waals surface area contributed by atoms with Crippen LogP contribution in [0.15, 0.2) is 66.7 Å². The Kier molecular flexibility index (Phi) is 3.66. The van der Waals surface area contributed by atoms with E-state index in [-0.39, 0.29) is 0 Å². The Hall–Kier alpha value is -2.48. The number of para-hydroxylation sites is 1. The van der Waals surface area contributed by atoms with E-state index in [1.165, 1.54) is 22.0 Å². The molecule has 0 aliphatic carbocycles. The molecule has 0 fully saturated rings. The van der Waals surface area contributed by atoms with Crippen molar-refractivity contribution in [3.05, 3.63) is 72.3 Å². The van der Waals surface area contributed by atoms with Crippen LogP contribution in [0, 0.1) is 0 Å². The Labute approximate surface area is 137 Å². The Morgan fingerprint density at radius 1 is 0.957 bits per heavy atom. The van der Waals surface area contributed by atoms with Crippen molar-refractivity contribution in [2.45, 2.75) is 19.4 Å². The largest absolute Gasteiger partial charge is 0.492 e. The van der Waals surface area contributed by atoms with Gasteiger partial charge in [-0.1, -0.05) is 48.5 Å². The standard InChI is InChI=1S/C21H21NO/c1-16-14-19-8-4-5-9-21(19)22(16)12-13-23-20-11-10-17-6-2-3-7-18(17)15-20/h2-11,15-16H,12-14H2,1H3. The minimum absolute atomic E-state index is 0.549. The second-order valence-electron chi connectivity index (χ2n) is 6.23. The highest BCUT2D eigenvalue weighted by atomic mass is 16.5. The normalized spacial score (nSPS) is 16.6. The summed E-state index contributed by atoms with van der Waals surface area (Å²) >= 11 is 0. The van der Waals surface area contributed by atoms with Crippen LogP contribution in [0.1, 0.15) is 12.5 Å². The Morgan fingerprint density at radius 2 is 1.74 bits per heavy atom. The molecule has 1 atom stereocenters. The molecule has 0 aromatic heterocycles. The summed E-state index contributed by atoms with van der Waals surface area (Å²) in [7, 11) is 0. The fourth-order valence-electron chi connectivity index (χ4n) is 3.49. The van der Waals surface area contributed by atoms with Crippen molar-refractivity contribution in [2.75, 3.05) is 18.1 Å². The van der Waals surface area contributed by atoms with Gasteiger partial charge in [0.05, 0.1) is 6.54 Å². The van der Waals surface area contributed by atoms with E-state index in [1.54, 1.807) is 0 Å². The van der Waals surface area contributed by atoms with Gasteiger partial charge < -0.3 is 9.64 Å². The van der Waals surface area contributed by atoms with E-state index in [0.717, 1.165) is 18.7 Å². The van der Waals surface area contributed by atoms with Crippen molar-refractivity contribution in [3.8, 4) is 5.75 Å². The summed E-state index contributed by atoms with van der Waals surface area (Å²) in [5, 5.41) is 2.48. The van der Waals surface area contributed by atoms with Crippen LogP contribution in [0.5, 0.6) is 5.75 Å². The highest BCUT2D eigenvalue weighted by Crippen LogP contribution is 2.31. The number of hydrogen-bond acceptors (Lipinski definition) is 2. The van der Waals surface area contributed by atoms with Crippen molar-refractivity contribution in [2.24, 2.45) is 0 Å². The van der Waals surface area contributed by atoms with Crippen LogP contribution in [0.25, 0.3) is 10.8 Å². The molecule has 2 heteroatoms. The fourth-order valence-corrected chi connectivity index (χ4v) is 3.49. The molecule has 4 rings (SSSR count). The van der Waals surface area contributed by atoms with Crippen LogP contribution < -0.4 is 9.64 Å². The number of fused-ring (bicyclic) bond motifs is 2. The molecule has 2 nitrogen and oxygen atoms in total. The third-order valence-corrected chi connectivity index (χ3v) is 4.67. The third kappa shape index (κ3) is 2.77. The van der Waals surface area contributed by atoms with Crippen molar-refractivity contribution in [1.82, 2.24) is 0 Å². The van der Waals surface area contributed by atoms with Crippen molar-refractivity contribution in [1.29, 1.82) is 0 Å². The Balaban J connectivity index is 1.43. The molecule has 0 spiro atoms. The monoisotopic (exact) mass is 303 g/mol. The first kappa shape index (κ1) is 14.1. The molecule has 23 heavy (non-hydrogen) atoms. The van der Waals surface area contributed by atoms with Crippen LogP contribution in [-0.4, -0.2) is 19.2 Å². The first-order chi connectivity index (χ1) is 11.3. The van der Waals surface area contributed by atoms with Crippen LogP contribution >= 0.6 is 0 Å². The van der Waals surface area contributed by atoms with Gasteiger partial charge in [0.15, 0.2) is 0 Å². The smallest absolute Gasteiger partial charge is 0.120 e. The number of anilines is 1. The van der Waals surface area contributed by atoms with Crippen LogP contribution in [0.4, 0.5) is 5.69 Å². The predicted octanol–water partition coefficient (Wildman–Crippen LogP) is 4.67. The van der Waals surface area contributed by atoms with E-state index in [1.807, 2.05) is 0 Å². The highest BCUT2D eigenvalue weighted by Gasteiger charge is 2.24. The lowest BCUT2D eigenvalue weighted by molar-refractivity contribution is 0.321. The maximum atomic E-state index is 6.00. The average Bonchev–Trinajstić information content (AvgIpc) is 2.90. The van der Waals surface area contributed by atoms with E-state index >= 15 is 0 Å². The minimum atomic E-state index is 0.549. The minimum Gasteiger partial charge on any atom is -0.492 e. The zero-order valence-electron chi connectivity index (χ0n) is 13.4. The van der Waals surface area contributed by atoms with Gasteiger partial charge in [-0.2, -0.15) is 0 Å². The molecular weight excluding hydrogens is 282 g/mol. The summed E-state index contributed by atoms with van der Waals surface area (Å²) in [4.78, 5) is 2.45. The summed E-state index contributed by atoms with van der Waals surface area (Å²) in [5.74, 6) is 0.948. The molecule has 0 amide bonds. The molecule has 1 heterocycles. The van der Waals surface area contributed by atoms with E-state index in [0.29, 0.717) is 12.6 Å². The molecule has 0 radical (unpaired) electrons. The summed E-state index contributed by atoms with van der Waals surface area (Å²) in [6.07, 6.45) is 1.13. The van der Waals surface area contributed by atoms with Gasteiger partial charge in [-0.25, -0.2) is 0 Å². The molecule has 116 valence electrons. The highest BCUT2D eigenvalue weighted by molar-refractivity contribution is 5.83. The van der Waals surface area contributed by atoms with Crippen LogP contribution in [-0.2, 0) is 6.42 Å². The van der Waals surface area contributed by atoms with Gasteiger partial charge in [0.1, 0.15) is 12.4 Å². The zero-order valence-corrected chi connectivity index (χ0v) is 13.4. The molecule has 0 bridgehead atoms. The van der Waals surface area contributed by atoms with Crippen LogP contribution in [0.3, 0.4) is 0 Å². The number of rotatable bonds is 4. The van der Waals surface area contributed by atoms with Crippen molar-refractivity contribution in [3.63, 3.8) is 0 Å². The quantitative estimate of drug-likeness (QED) is 0.694. The maximum absolute atomic E-state index is 6.00. The Morgan fingerprint density at radius 3 is 2.65 bits per heavy atom. The lowest BCUT2D eigenvalue weighted by Gasteiger charge is -2.24. The predicted molar refractivity (Wildman–Crippen MR) is 96.4 cm³/mol. The van der Waals surface area contributed by atoms with Crippen molar-refractivity contribution >= 4 is 16.5 Å². The summed E-state index contributed by atoms with van der Waals surface area (Å²) < 4.78 is 6.00. The molecule has 3 aromatic carbocycles. The Bertz CT molecular complexity index is 827. The molecule has 3 aromatic rings. The van der Waals surface area contributed by atoms with Gasteiger partial charge in [-0.3, -0.25) is 0 Å². The molecule has 0 N–H and O–H groups in total. The lowest BCUT2D eigenvalue weighted by atomic mass is 10.1. The summed E-state index contributed by atoms with van der Waals surface area (Å²) in [5.41, 5.74) is 2.81. The molecular formula is C21H21NO.